The molecule has 0 atom stereocenters. The van der Waals surface area contributed by atoms with Crippen LogP contribution in [-0.2, 0) is 17.8 Å². The summed E-state index contributed by atoms with van der Waals surface area (Å²) >= 11 is 0. The molecule has 0 aromatic heterocycles. The summed E-state index contributed by atoms with van der Waals surface area (Å²) in [7, 11) is 3.34. The zero-order valence-electron chi connectivity index (χ0n) is 18.2. The number of nitrogens with zero attached hydrogens (tertiary/aromatic N) is 3. The molecular weight excluding hydrogens is 378 g/mol. The second-order valence-corrected chi connectivity index (χ2v) is 8.11. The number of hydrogen-bond donors (Lipinski definition) is 0. The quantitative estimate of drug-likeness (QED) is 0.734. The number of piperazine rings is 1. The van der Waals surface area contributed by atoms with Crippen LogP contribution < -0.4 is 14.4 Å². The largest absolute Gasteiger partial charge is 0.493 e. The van der Waals surface area contributed by atoms with E-state index in [-0.39, 0.29) is 5.91 Å². The maximum atomic E-state index is 12.9. The van der Waals surface area contributed by atoms with Gasteiger partial charge in [0, 0.05) is 45.0 Å². The van der Waals surface area contributed by atoms with Gasteiger partial charge in [-0.25, -0.2) is 0 Å². The lowest BCUT2D eigenvalue weighted by atomic mass is 10.1. The van der Waals surface area contributed by atoms with Crippen molar-refractivity contribution in [2.45, 2.75) is 19.9 Å². The monoisotopic (exact) mass is 409 g/mol. The second-order valence-electron chi connectivity index (χ2n) is 8.11. The van der Waals surface area contributed by atoms with Crippen molar-refractivity contribution in [3.8, 4) is 11.5 Å². The number of rotatable bonds is 6. The minimum atomic E-state index is 0.212. The van der Waals surface area contributed by atoms with Crippen LogP contribution in [0.1, 0.15) is 16.7 Å². The van der Waals surface area contributed by atoms with Gasteiger partial charge in [-0.1, -0.05) is 18.2 Å². The lowest BCUT2D eigenvalue weighted by Gasteiger charge is -2.35. The Bertz CT molecular complexity index is 907. The van der Waals surface area contributed by atoms with E-state index in [1.54, 1.807) is 14.2 Å². The van der Waals surface area contributed by atoms with Gasteiger partial charge < -0.3 is 14.4 Å². The summed E-state index contributed by atoms with van der Waals surface area (Å²) in [5.74, 6) is 1.75. The van der Waals surface area contributed by atoms with Crippen molar-refractivity contribution in [3.05, 3.63) is 53.1 Å². The Labute approximate surface area is 179 Å². The van der Waals surface area contributed by atoms with Crippen molar-refractivity contribution < 1.29 is 14.3 Å². The normalized spacial score (nSPS) is 17.1. The van der Waals surface area contributed by atoms with E-state index in [0.717, 1.165) is 62.9 Å². The van der Waals surface area contributed by atoms with Gasteiger partial charge in [0.1, 0.15) is 0 Å². The fraction of sp³-hybridized carbons (Fsp3) is 0.458. The topological polar surface area (TPSA) is 45.2 Å². The predicted octanol–water partition coefficient (Wildman–Crippen LogP) is 2.72. The molecule has 0 aliphatic carbocycles. The van der Waals surface area contributed by atoms with Crippen molar-refractivity contribution in [2.75, 3.05) is 58.4 Å². The van der Waals surface area contributed by atoms with Crippen LogP contribution in [0, 0.1) is 6.92 Å². The van der Waals surface area contributed by atoms with Crippen LogP contribution >= 0.6 is 0 Å². The van der Waals surface area contributed by atoms with Gasteiger partial charge in [-0.2, -0.15) is 0 Å². The number of fused-ring (bicyclic) bond motifs is 1. The molecule has 2 aromatic rings. The number of methoxy groups -OCH3 is 2. The number of carbonyl (C=O) groups excluding carboxylic acids is 1. The predicted molar refractivity (Wildman–Crippen MR) is 118 cm³/mol. The fourth-order valence-electron chi connectivity index (χ4n) is 4.41. The van der Waals surface area contributed by atoms with Crippen molar-refractivity contribution in [2.24, 2.45) is 0 Å². The van der Waals surface area contributed by atoms with Gasteiger partial charge in [0.25, 0.3) is 0 Å². The molecule has 0 spiro atoms. The number of hydrogen-bond acceptors (Lipinski definition) is 5. The zero-order chi connectivity index (χ0) is 21.1. The average Bonchev–Trinajstić information content (AvgIpc) is 3.20. The number of benzene rings is 2. The van der Waals surface area contributed by atoms with Crippen molar-refractivity contribution >= 4 is 11.6 Å². The van der Waals surface area contributed by atoms with Crippen LogP contribution in [0.4, 0.5) is 5.69 Å². The van der Waals surface area contributed by atoms with Crippen LogP contribution in [0.25, 0.3) is 0 Å². The first-order valence-corrected chi connectivity index (χ1v) is 10.6. The number of para-hydroxylation sites is 1. The first kappa shape index (κ1) is 20.7. The first-order valence-electron chi connectivity index (χ1n) is 10.6. The fourth-order valence-corrected chi connectivity index (χ4v) is 4.41. The summed E-state index contributed by atoms with van der Waals surface area (Å²) in [6.07, 6.45) is 0.959. The van der Waals surface area contributed by atoms with E-state index < -0.39 is 0 Å². The Morgan fingerprint density at radius 2 is 1.60 bits per heavy atom. The molecule has 2 heterocycles. The van der Waals surface area contributed by atoms with Gasteiger partial charge in [-0.15, -0.1) is 0 Å². The van der Waals surface area contributed by atoms with Gasteiger partial charge in [0.15, 0.2) is 11.5 Å². The van der Waals surface area contributed by atoms with Crippen LogP contribution in [0.3, 0.4) is 0 Å². The Hall–Kier alpha value is -2.57. The molecule has 0 N–H and O–H groups in total. The zero-order valence-corrected chi connectivity index (χ0v) is 18.2. The molecule has 0 bridgehead atoms. The molecular formula is C24H31N3O3. The molecule has 2 aliphatic heterocycles. The van der Waals surface area contributed by atoms with E-state index in [1.807, 2.05) is 23.1 Å². The van der Waals surface area contributed by atoms with Crippen molar-refractivity contribution in [1.29, 1.82) is 0 Å². The van der Waals surface area contributed by atoms with E-state index in [0.29, 0.717) is 6.54 Å². The van der Waals surface area contributed by atoms with Gasteiger partial charge in [-0.3, -0.25) is 14.6 Å². The summed E-state index contributed by atoms with van der Waals surface area (Å²) in [4.78, 5) is 19.5. The van der Waals surface area contributed by atoms with E-state index in [2.05, 4.69) is 34.9 Å². The summed E-state index contributed by atoms with van der Waals surface area (Å²) < 4.78 is 10.9. The summed E-state index contributed by atoms with van der Waals surface area (Å²) in [5.41, 5.74) is 4.83. The van der Waals surface area contributed by atoms with Crippen LogP contribution in [-0.4, -0.2) is 69.2 Å². The summed E-state index contributed by atoms with van der Waals surface area (Å²) in [6.45, 7) is 8.03. The third kappa shape index (κ3) is 4.30. The minimum absolute atomic E-state index is 0.212. The van der Waals surface area contributed by atoms with Gasteiger partial charge in [0.2, 0.25) is 5.91 Å². The lowest BCUT2D eigenvalue weighted by Crippen LogP contribution is -2.49. The number of carbonyl (C=O) groups is 1. The van der Waals surface area contributed by atoms with E-state index in [4.69, 9.17) is 9.47 Å². The smallest absolute Gasteiger partial charge is 0.241 e. The highest BCUT2D eigenvalue weighted by Crippen LogP contribution is 2.31. The first-order chi connectivity index (χ1) is 14.6. The molecule has 160 valence electrons. The van der Waals surface area contributed by atoms with Crippen LogP contribution in [0.2, 0.25) is 0 Å². The summed E-state index contributed by atoms with van der Waals surface area (Å²) in [6, 6.07) is 12.4. The highest BCUT2D eigenvalue weighted by molar-refractivity contribution is 5.96. The standard InChI is InChI=1S/C24H31N3O3/c1-18-14-22(29-2)23(30-3)15-20(18)16-25-10-12-26(13-11-25)17-24(28)27-9-8-19-6-4-5-7-21(19)27/h4-7,14-15H,8-13,16-17H2,1-3H3. The molecule has 0 unspecified atom stereocenters. The van der Waals surface area contributed by atoms with Gasteiger partial charge >= 0.3 is 0 Å². The molecule has 1 fully saturated rings. The number of aryl methyl sites for hydroxylation is 1. The van der Waals surface area contributed by atoms with Gasteiger partial charge in [0.05, 0.1) is 20.8 Å². The highest BCUT2D eigenvalue weighted by Gasteiger charge is 2.27. The van der Waals surface area contributed by atoms with Gasteiger partial charge in [-0.05, 0) is 48.2 Å². The molecule has 2 aromatic carbocycles. The Morgan fingerprint density at radius 3 is 2.33 bits per heavy atom. The van der Waals surface area contributed by atoms with E-state index >= 15 is 0 Å². The van der Waals surface area contributed by atoms with E-state index in [9.17, 15) is 4.79 Å². The molecule has 0 saturated carbocycles. The maximum absolute atomic E-state index is 12.9. The third-order valence-corrected chi connectivity index (χ3v) is 6.25. The molecule has 30 heavy (non-hydrogen) atoms. The molecule has 6 heteroatoms. The van der Waals surface area contributed by atoms with Crippen LogP contribution in [0.5, 0.6) is 11.5 Å². The molecule has 2 aliphatic rings. The lowest BCUT2D eigenvalue weighted by molar-refractivity contribution is -0.120. The maximum Gasteiger partial charge on any atom is 0.241 e. The Balaban J connectivity index is 1.31. The molecule has 1 amide bonds. The Kier molecular flexibility index (Phi) is 6.25. The number of ether oxygens (including phenoxy) is 2. The van der Waals surface area contributed by atoms with Crippen LogP contribution in [0.15, 0.2) is 36.4 Å². The van der Waals surface area contributed by atoms with E-state index in [1.165, 1.54) is 16.7 Å². The van der Waals surface area contributed by atoms with Crippen molar-refractivity contribution in [1.82, 2.24) is 9.80 Å². The van der Waals surface area contributed by atoms with Crippen molar-refractivity contribution in [3.63, 3.8) is 0 Å². The molecule has 0 radical (unpaired) electrons. The number of amides is 1. The molecule has 6 nitrogen and oxygen atoms in total. The SMILES string of the molecule is COc1cc(C)c(CN2CCN(CC(=O)N3CCc4ccccc43)CC2)cc1OC. The second kappa shape index (κ2) is 9.06. The Morgan fingerprint density at radius 1 is 0.933 bits per heavy atom. The minimum Gasteiger partial charge on any atom is -0.493 e. The third-order valence-electron chi connectivity index (χ3n) is 6.25. The molecule has 4 rings (SSSR count). The highest BCUT2D eigenvalue weighted by atomic mass is 16.5. The summed E-state index contributed by atoms with van der Waals surface area (Å²) in [5, 5.41) is 0. The number of anilines is 1. The average molecular weight is 410 g/mol. The molecule has 1 saturated heterocycles.